The molecule has 0 fully saturated rings. The maximum Gasteiger partial charge on any atom is 0.0586 e. The van der Waals surface area contributed by atoms with Crippen LogP contribution in [0.4, 0.5) is 0 Å². The Morgan fingerprint density at radius 2 is 2.30 bits per heavy atom. The van der Waals surface area contributed by atoms with Crippen LogP contribution in [0.25, 0.3) is 0 Å². The molecular formula is C7H11ClSSi. The van der Waals surface area contributed by atoms with Crippen LogP contribution in [0.15, 0.2) is 17.5 Å². The molecule has 1 aromatic rings. The van der Waals surface area contributed by atoms with E-state index in [0.717, 1.165) is 0 Å². The summed E-state index contributed by atoms with van der Waals surface area (Å²) in [7, 11) is -0.681. The topological polar surface area (TPSA) is 0 Å². The molecule has 0 amide bonds. The van der Waals surface area contributed by atoms with Crippen molar-refractivity contribution in [2.45, 2.75) is 18.1 Å². The predicted octanol–water partition coefficient (Wildman–Crippen LogP) is 3.05. The van der Waals surface area contributed by atoms with Gasteiger partial charge in [0.1, 0.15) is 0 Å². The molecule has 0 saturated carbocycles. The number of hydrogen-bond donors (Lipinski definition) is 0. The van der Waals surface area contributed by atoms with E-state index in [1.165, 1.54) is 4.88 Å². The fourth-order valence-electron chi connectivity index (χ4n) is 0.777. The highest BCUT2D eigenvalue weighted by Gasteiger charge is 2.13. The summed E-state index contributed by atoms with van der Waals surface area (Å²) in [6.07, 6.45) is 0. The van der Waals surface area contributed by atoms with Gasteiger partial charge in [0.2, 0.25) is 0 Å². The fourth-order valence-corrected chi connectivity index (χ4v) is 3.43. The second-order valence-electron chi connectivity index (χ2n) is 2.66. The minimum atomic E-state index is -0.681. The van der Waals surface area contributed by atoms with Crippen molar-refractivity contribution in [3.8, 4) is 0 Å². The number of alkyl halides is 1. The Balaban J connectivity index is 2.68. The largest absolute Gasteiger partial charge is 0.148 e. The molecule has 0 saturated heterocycles. The van der Waals surface area contributed by atoms with E-state index in [1.807, 2.05) is 0 Å². The molecule has 1 aromatic heterocycles. The second-order valence-corrected chi connectivity index (χ2v) is 7.69. The van der Waals surface area contributed by atoms with Gasteiger partial charge in [0.15, 0.2) is 0 Å². The van der Waals surface area contributed by atoms with E-state index in [2.05, 4.69) is 30.6 Å². The molecule has 0 aliphatic rings. The van der Waals surface area contributed by atoms with E-state index in [0.29, 0.717) is 5.00 Å². The Kier molecular flexibility index (Phi) is 2.95. The highest BCUT2D eigenvalue weighted by Crippen LogP contribution is 2.26. The van der Waals surface area contributed by atoms with E-state index in [-0.39, 0.29) is 0 Å². The van der Waals surface area contributed by atoms with Gasteiger partial charge in [-0.3, -0.25) is 0 Å². The lowest BCUT2D eigenvalue weighted by Crippen LogP contribution is -2.08. The minimum Gasteiger partial charge on any atom is -0.148 e. The smallest absolute Gasteiger partial charge is 0.0586 e. The Bertz CT molecular complexity index is 183. The third-order valence-electron chi connectivity index (χ3n) is 1.40. The standard InChI is InChI=1S/C7H11ClSSi/c1-10(2)7(8)6-4-3-5-9-6/h3-5,7,10H,1-2H3. The van der Waals surface area contributed by atoms with Gasteiger partial charge < -0.3 is 0 Å². The van der Waals surface area contributed by atoms with Gasteiger partial charge in [-0.15, -0.1) is 22.9 Å². The van der Waals surface area contributed by atoms with Crippen LogP contribution in [-0.2, 0) is 0 Å². The summed E-state index contributed by atoms with van der Waals surface area (Å²) in [4.78, 5) is 1.34. The Morgan fingerprint density at radius 1 is 1.60 bits per heavy atom. The maximum absolute atomic E-state index is 6.15. The zero-order valence-electron chi connectivity index (χ0n) is 6.17. The molecule has 0 aromatic carbocycles. The normalized spacial score (nSPS) is 14.0. The molecule has 3 heteroatoms. The van der Waals surface area contributed by atoms with Gasteiger partial charge in [-0.05, 0) is 11.4 Å². The molecule has 1 unspecified atom stereocenters. The first-order valence-electron chi connectivity index (χ1n) is 3.39. The molecular weight excluding hydrogens is 180 g/mol. The zero-order valence-corrected chi connectivity index (χ0v) is 8.90. The van der Waals surface area contributed by atoms with Crippen molar-refractivity contribution < 1.29 is 0 Å². The summed E-state index contributed by atoms with van der Waals surface area (Å²) in [5, 5.41) is 2.42. The summed E-state index contributed by atoms with van der Waals surface area (Å²) in [5.41, 5.74) is 0. The number of hydrogen-bond acceptors (Lipinski definition) is 1. The van der Waals surface area contributed by atoms with Gasteiger partial charge in [-0.25, -0.2) is 0 Å². The molecule has 1 atom stereocenters. The lowest BCUT2D eigenvalue weighted by atomic mass is 10.5. The van der Waals surface area contributed by atoms with Crippen LogP contribution in [0, 0.1) is 0 Å². The van der Waals surface area contributed by atoms with Gasteiger partial charge in [0, 0.05) is 4.88 Å². The molecule has 0 nitrogen and oxygen atoms in total. The molecule has 0 radical (unpaired) electrons. The molecule has 56 valence electrons. The van der Waals surface area contributed by atoms with Gasteiger partial charge in [-0.1, -0.05) is 19.2 Å². The van der Waals surface area contributed by atoms with Gasteiger partial charge >= 0.3 is 0 Å². The van der Waals surface area contributed by atoms with Crippen LogP contribution in [0.1, 0.15) is 9.88 Å². The third kappa shape index (κ3) is 1.84. The average Bonchev–Trinajstić information content (AvgIpc) is 2.36. The fraction of sp³-hybridized carbons (Fsp3) is 0.429. The van der Waals surface area contributed by atoms with E-state index in [4.69, 9.17) is 11.6 Å². The Morgan fingerprint density at radius 3 is 2.70 bits per heavy atom. The van der Waals surface area contributed by atoms with Crippen LogP contribution in [0.3, 0.4) is 0 Å². The van der Waals surface area contributed by atoms with Crippen molar-refractivity contribution in [3.63, 3.8) is 0 Å². The van der Waals surface area contributed by atoms with Crippen molar-refractivity contribution >= 4 is 31.7 Å². The van der Waals surface area contributed by atoms with Crippen LogP contribution < -0.4 is 0 Å². The minimum absolute atomic E-state index is 0.333. The third-order valence-corrected chi connectivity index (χ3v) is 6.00. The maximum atomic E-state index is 6.15. The molecule has 0 N–H and O–H groups in total. The van der Waals surface area contributed by atoms with Crippen LogP contribution in [-0.4, -0.2) is 8.80 Å². The lowest BCUT2D eigenvalue weighted by molar-refractivity contribution is 1.38. The summed E-state index contributed by atoms with van der Waals surface area (Å²) in [6.45, 7) is 4.55. The summed E-state index contributed by atoms with van der Waals surface area (Å²) in [6, 6.07) is 4.18. The van der Waals surface area contributed by atoms with E-state index in [1.54, 1.807) is 11.3 Å². The Hall–Kier alpha value is 0.207. The monoisotopic (exact) mass is 190 g/mol. The average molecular weight is 191 g/mol. The number of thiophene rings is 1. The SMILES string of the molecule is C[SiH](C)C(Cl)c1cccs1. The summed E-state index contributed by atoms with van der Waals surface area (Å²) in [5.74, 6) is 0. The molecule has 10 heavy (non-hydrogen) atoms. The van der Waals surface area contributed by atoms with Crippen LogP contribution in [0.2, 0.25) is 13.1 Å². The first-order chi connectivity index (χ1) is 4.72. The van der Waals surface area contributed by atoms with Crippen LogP contribution in [0.5, 0.6) is 0 Å². The second kappa shape index (κ2) is 3.56. The molecule has 1 heterocycles. The van der Waals surface area contributed by atoms with Crippen LogP contribution >= 0.6 is 22.9 Å². The molecule has 0 spiro atoms. The number of halogens is 1. The molecule has 1 rings (SSSR count). The van der Waals surface area contributed by atoms with Crippen molar-refractivity contribution in [1.82, 2.24) is 0 Å². The van der Waals surface area contributed by atoms with E-state index >= 15 is 0 Å². The highest BCUT2D eigenvalue weighted by molar-refractivity contribution is 7.10. The van der Waals surface area contributed by atoms with Crippen molar-refractivity contribution in [3.05, 3.63) is 22.4 Å². The Labute approximate surface area is 72.4 Å². The first kappa shape index (κ1) is 8.30. The van der Waals surface area contributed by atoms with Crippen molar-refractivity contribution in [1.29, 1.82) is 0 Å². The van der Waals surface area contributed by atoms with E-state index < -0.39 is 8.80 Å². The zero-order chi connectivity index (χ0) is 7.56. The number of rotatable bonds is 2. The highest BCUT2D eigenvalue weighted by atomic mass is 35.5. The quantitative estimate of drug-likeness (QED) is 0.497. The summed E-state index contributed by atoms with van der Waals surface area (Å²) >= 11 is 7.92. The van der Waals surface area contributed by atoms with E-state index in [9.17, 15) is 0 Å². The van der Waals surface area contributed by atoms with Gasteiger partial charge in [0.25, 0.3) is 0 Å². The van der Waals surface area contributed by atoms with Gasteiger partial charge in [0.05, 0.1) is 13.8 Å². The van der Waals surface area contributed by atoms with Gasteiger partial charge in [-0.2, -0.15) is 0 Å². The van der Waals surface area contributed by atoms with Crippen molar-refractivity contribution in [2.75, 3.05) is 0 Å². The summed E-state index contributed by atoms with van der Waals surface area (Å²) < 4.78 is 0. The lowest BCUT2D eigenvalue weighted by Gasteiger charge is -2.08. The molecule has 0 aliphatic heterocycles. The predicted molar refractivity (Wildman–Crippen MR) is 51.8 cm³/mol. The molecule has 0 aliphatic carbocycles. The van der Waals surface area contributed by atoms with Crippen molar-refractivity contribution in [2.24, 2.45) is 0 Å². The first-order valence-corrected chi connectivity index (χ1v) is 7.68. The molecule has 0 bridgehead atoms.